The maximum absolute atomic E-state index is 11.3. The van der Waals surface area contributed by atoms with E-state index >= 15 is 0 Å². The van der Waals surface area contributed by atoms with Crippen LogP contribution in [-0.4, -0.2) is 35.3 Å². The fraction of sp³-hybridized carbons (Fsp3) is 0.188. The largest absolute Gasteiger partial charge is 0.497 e. The number of fused-ring (bicyclic) bond motifs is 1. The van der Waals surface area contributed by atoms with Crippen molar-refractivity contribution in [1.82, 2.24) is 9.97 Å². The van der Waals surface area contributed by atoms with Gasteiger partial charge in [-0.15, -0.1) is 11.3 Å². The zero-order valence-electron chi connectivity index (χ0n) is 13.3. The molecule has 3 aromatic rings. The van der Waals surface area contributed by atoms with Crippen LogP contribution in [0, 0.1) is 6.92 Å². The Morgan fingerprint density at radius 1 is 1.17 bits per heavy atom. The topological polar surface area (TPSA) is 93.6 Å². The fourth-order valence-electron chi connectivity index (χ4n) is 2.39. The van der Waals surface area contributed by atoms with Crippen LogP contribution in [0.3, 0.4) is 0 Å². The normalized spacial score (nSPS) is 10.6. The Labute approximate surface area is 141 Å². The summed E-state index contributed by atoms with van der Waals surface area (Å²) in [5.41, 5.74) is 1.36. The van der Waals surface area contributed by atoms with Crippen molar-refractivity contribution in [2.24, 2.45) is 0 Å². The predicted octanol–water partition coefficient (Wildman–Crippen LogP) is 3.46. The van der Waals surface area contributed by atoms with Gasteiger partial charge in [0.05, 0.1) is 19.6 Å². The number of aryl methyl sites for hydroxylation is 1. The van der Waals surface area contributed by atoms with E-state index in [0.717, 1.165) is 11.3 Å². The summed E-state index contributed by atoms with van der Waals surface area (Å²) in [5.74, 6) is 0.840. The minimum Gasteiger partial charge on any atom is -0.497 e. The molecule has 0 aliphatic carbocycles. The van der Waals surface area contributed by atoms with Crippen molar-refractivity contribution < 1.29 is 19.4 Å². The predicted molar refractivity (Wildman–Crippen MR) is 91.9 cm³/mol. The molecule has 8 heteroatoms. The van der Waals surface area contributed by atoms with Crippen LogP contribution in [0.25, 0.3) is 10.2 Å². The van der Waals surface area contributed by atoms with Gasteiger partial charge in [0.15, 0.2) is 0 Å². The van der Waals surface area contributed by atoms with Crippen LogP contribution in [-0.2, 0) is 0 Å². The number of hydrogen-bond donors (Lipinski definition) is 2. The first-order chi connectivity index (χ1) is 11.5. The molecule has 0 saturated carbocycles. The average Bonchev–Trinajstić information content (AvgIpc) is 2.92. The van der Waals surface area contributed by atoms with Crippen LogP contribution >= 0.6 is 11.3 Å². The Hall–Kier alpha value is -2.87. The molecule has 3 rings (SSSR count). The Balaban J connectivity index is 2.09. The highest BCUT2D eigenvalue weighted by Crippen LogP contribution is 2.35. The van der Waals surface area contributed by atoms with Gasteiger partial charge in [0.2, 0.25) is 0 Å². The van der Waals surface area contributed by atoms with Crippen molar-refractivity contribution in [3.05, 3.63) is 35.0 Å². The molecule has 0 fully saturated rings. The molecule has 0 atom stereocenters. The van der Waals surface area contributed by atoms with E-state index in [0.29, 0.717) is 38.8 Å². The van der Waals surface area contributed by atoms with Crippen molar-refractivity contribution >= 4 is 39.0 Å². The molecule has 24 heavy (non-hydrogen) atoms. The first-order valence-electron chi connectivity index (χ1n) is 7.01. The second-order valence-corrected chi connectivity index (χ2v) is 5.99. The SMILES string of the molecule is COc1cc(Nc2ncnc3sc(C(=O)O)c(C)c23)cc(OC)c1. The van der Waals surface area contributed by atoms with Gasteiger partial charge in [-0.05, 0) is 12.5 Å². The summed E-state index contributed by atoms with van der Waals surface area (Å²) < 4.78 is 10.5. The lowest BCUT2D eigenvalue weighted by molar-refractivity contribution is 0.0701. The van der Waals surface area contributed by atoms with Gasteiger partial charge in [-0.3, -0.25) is 0 Å². The summed E-state index contributed by atoms with van der Waals surface area (Å²) in [5, 5.41) is 13.2. The number of aromatic nitrogens is 2. The average molecular weight is 345 g/mol. The molecule has 0 amide bonds. The van der Waals surface area contributed by atoms with E-state index in [1.807, 2.05) is 0 Å². The molecular formula is C16H15N3O4S. The molecule has 1 aromatic carbocycles. The lowest BCUT2D eigenvalue weighted by Gasteiger charge is -2.11. The number of carboxylic acids is 1. The first-order valence-corrected chi connectivity index (χ1v) is 7.82. The molecule has 0 unspecified atom stereocenters. The lowest BCUT2D eigenvalue weighted by Crippen LogP contribution is -1.98. The van der Waals surface area contributed by atoms with E-state index in [-0.39, 0.29) is 4.88 Å². The Kier molecular flexibility index (Phi) is 4.22. The molecule has 0 spiro atoms. The number of benzene rings is 1. The van der Waals surface area contributed by atoms with Crippen molar-refractivity contribution in [3.8, 4) is 11.5 Å². The molecule has 124 valence electrons. The van der Waals surface area contributed by atoms with Crippen molar-refractivity contribution in [1.29, 1.82) is 0 Å². The lowest BCUT2D eigenvalue weighted by atomic mass is 10.2. The summed E-state index contributed by atoms with van der Waals surface area (Å²) >= 11 is 1.13. The molecule has 0 saturated heterocycles. The second kappa shape index (κ2) is 6.32. The number of aromatic carboxylic acids is 1. The summed E-state index contributed by atoms with van der Waals surface area (Å²) in [7, 11) is 3.15. The number of carboxylic acid groups (broad SMARTS) is 1. The third-order valence-electron chi connectivity index (χ3n) is 3.54. The monoisotopic (exact) mass is 345 g/mol. The number of anilines is 2. The Morgan fingerprint density at radius 2 is 1.83 bits per heavy atom. The summed E-state index contributed by atoms with van der Waals surface area (Å²) in [6.07, 6.45) is 1.41. The molecular weight excluding hydrogens is 330 g/mol. The number of ether oxygens (including phenoxy) is 2. The molecule has 2 aromatic heterocycles. The molecule has 0 bridgehead atoms. The van der Waals surface area contributed by atoms with E-state index in [1.54, 1.807) is 39.3 Å². The zero-order chi connectivity index (χ0) is 17.3. The van der Waals surface area contributed by atoms with Crippen LogP contribution in [0.15, 0.2) is 24.5 Å². The Bertz CT molecular complexity index is 901. The van der Waals surface area contributed by atoms with Gasteiger partial charge in [0.1, 0.15) is 33.4 Å². The van der Waals surface area contributed by atoms with Gasteiger partial charge in [0.25, 0.3) is 0 Å². The quantitative estimate of drug-likeness (QED) is 0.731. The summed E-state index contributed by atoms with van der Waals surface area (Å²) in [6, 6.07) is 5.37. The van der Waals surface area contributed by atoms with Gasteiger partial charge in [0, 0.05) is 23.9 Å². The van der Waals surface area contributed by atoms with E-state index in [4.69, 9.17) is 9.47 Å². The van der Waals surface area contributed by atoms with Crippen molar-refractivity contribution in [2.45, 2.75) is 6.92 Å². The van der Waals surface area contributed by atoms with Gasteiger partial charge in [-0.25, -0.2) is 14.8 Å². The third-order valence-corrected chi connectivity index (χ3v) is 4.72. The Morgan fingerprint density at radius 3 is 2.42 bits per heavy atom. The van der Waals surface area contributed by atoms with Gasteiger partial charge in [-0.1, -0.05) is 0 Å². The maximum atomic E-state index is 11.3. The highest BCUT2D eigenvalue weighted by atomic mass is 32.1. The molecule has 2 N–H and O–H groups in total. The van der Waals surface area contributed by atoms with Crippen LogP contribution in [0.4, 0.5) is 11.5 Å². The smallest absolute Gasteiger partial charge is 0.346 e. The number of methoxy groups -OCH3 is 2. The maximum Gasteiger partial charge on any atom is 0.346 e. The van der Waals surface area contributed by atoms with Crippen LogP contribution < -0.4 is 14.8 Å². The molecule has 0 radical (unpaired) electrons. The highest BCUT2D eigenvalue weighted by Gasteiger charge is 2.18. The van der Waals surface area contributed by atoms with E-state index in [9.17, 15) is 9.90 Å². The number of hydrogen-bond acceptors (Lipinski definition) is 7. The number of carbonyl (C=O) groups is 1. The summed E-state index contributed by atoms with van der Waals surface area (Å²) in [4.78, 5) is 20.6. The van der Waals surface area contributed by atoms with Crippen molar-refractivity contribution in [2.75, 3.05) is 19.5 Å². The minimum atomic E-state index is -0.968. The van der Waals surface area contributed by atoms with E-state index < -0.39 is 5.97 Å². The van der Waals surface area contributed by atoms with Crippen LogP contribution in [0.2, 0.25) is 0 Å². The standard InChI is InChI=1S/C16H15N3O4S/c1-8-12-14(17-7-18-15(12)24-13(8)16(20)21)19-9-4-10(22-2)6-11(5-9)23-3/h4-7H,1-3H3,(H,20,21)(H,17,18,19). The molecule has 7 nitrogen and oxygen atoms in total. The van der Waals surface area contributed by atoms with Crippen LogP contribution in [0.5, 0.6) is 11.5 Å². The van der Waals surface area contributed by atoms with Gasteiger partial charge >= 0.3 is 5.97 Å². The second-order valence-electron chi connectivity index (χ2n) is 4.99. The summed E-state index contributed by atoms with van der Waals surface area (Å²) in [6.45, 7) is 1.75. The number of nitrogens with one attached hydrogen (secondary N) is 1. The molecule has 2 heterocycles. The number of thiophene rings is 1. The van der Waals surface area contributed by atoms with E-state index in [2.05, 4.69) is 15.3 Å². The fourth-order valence-corrected chi connectivity index (χ4v) is 3.37. The third kappa shape index (κ3) is 2.83. The zero-order valence-corrected chi connectivity index (χ0v) is 14.1. The van der Waals surface area contributed by atoms with Crippen molar-refractivity contribution in [3.63, 3.8) is 0 Å². The molecule has 0 aliphatic rings. The van der Waals surface area contributed by atoms with Gasteiger partial charge in [-0.2, -0.15) is 0 Å². The van der Waals surface area contributed by atoms with E-state index in [1.165, 1.54) is 6.33 Å². The van der Waals surface area contributed by atoms with Gasteiger partial charge < -0.3 is 19.9 Å². The first kappa shape index (κ1) is 16.0. The highest BCUT2D eigenvalue weighted by molar-refractivity contribution is 7.20. The number of rotatable bonds is 5. The molecule has 0 aliphatic heterocycles. The minimum absolute atomic E-state index is 0.261. The number of nitrogens with zero attached hydrogens (tertiary/aromatic N) is 2. The van der Waals surface area contributed by atoms with Crippen LogP contribution in [0.1, 0.15) is 15.2 Å².